The third kappa shape index (κ3) is 4.48. The highest BCUT2D eigenvalue weighted by atomic mass is 19.4. The van der Waals surface area contributed by atoms with E-state index in [1.165, 1.54) is 12.1 Å². The molecule has 2 aromatic carbocycles. The van der Waals surface area contributed by atoms with Crippen molar-refractivity contribution in [3.63, 3.8) is 0 Å². The average Bonchev–Trinajstić information content (AvgIpc) is 2.99. The molecule has 0 saturated heterocycles. The van der Waals surface area contributed by atoms with Gasteiger partial charge in [0.05, 0.1) is 16.6 Å². The van der Waals surface area contributed by atoms with Crippen molar-refractivity contribution in [2.75, 3.05) is 6.54 Å². The number of amides is 1. The van der Waals surface area contributed by atoms with Crippen molar-refractivity contribution in [3.05, 3.63) is 65.5 Å². The number of alkyl halides is 3. The molecule has 0 atom stereocenters. The van der Waals surface area contributed by atoms with Crippen molar-refractivity contribution in [2.24, 2.45) is 0 Å². The summed E-state index contributed by atoms with van der Waals surface area (Å²) in [7, 11) is 0. The summed E-state index contributed by atoms with van der Waals surface area (Å²) in [4.78, 5) is 16.8. The second-order valence-corrected chi connectivity index (χ2v) is 6.25. The van der Waals surface area contributed by atoms with Gasteiger partial charge in [-0.3, -0.25) is 4.79 Å². The van der Waals surface area contributed by atoms with E-state index in [0.717, 1.165) is 34.6 Å². The van der Waals surface area contributed by atoms with Crippen LogP contribution in [0, 0.1) is 0 Å². The fourth-order valence-electron chi connectivity index (χ4n) is 2.98. The quantitative estimate of drug-likeness (QED) is 0.709. The molecular formula is C20H20F3N3O. The Morgan fingerprint density at radius 2 is 1.81 bits per heavy atom. The number of imidazole rings is 1. The number of nitrogens with zero attached hydrogens (tertiary/aromatic N) is 2. The van der Waals surface area contributed by atoms with Crippen LogP contribution in [0.25, 0.3) is 11.0 Å². The highest BCUT2D eigenvalue weighted by Gasteiger charge is 2.29. The molecule has 7 heteroatoms. The minimum absolute atomic E-state index is 0.153. The highest BCUT2D eigenvalue weighted by Crippen LogP contribution is 2.29. The molecule has 0 unspecified atom stereocenters. The van der Waals surface area contributed by atoms with E-state index in [-0.39, 0.29) is 12.5 Å². The zero-order chi connectivity index (χ0) is 19.4. The van der Waals surface area contributed by atoms with E-state index in [1.807, 2.05) is 35.8 Å². The lowest BCUT2D eigenvalue weighted by atomic mass is 10.1. The average molecular weight is 375 g/mol. The summed E-state index contributed by atoms with van der Waals surface area (Å²) < 4.78 is 39.6. The molecule has 3 aromatic rings. The molecule has 142 valence electrons. The molecule has 4 nitrogen and oxygen atoms in total. The minimum Gasteiger partial charge on any atom is -0.354 e. The third-order valence-corrected chi connectivity index (χ3v) is 4.37. The lowest BCUT2D eigenvalue weighted by Gasteiger charge is -2.10. The highest BCUT2D eigenvalue weighted by molar-refractivity contribution is 5.81. The Morgan fingerprint density at radius 1 is 1.11 bits per heavy atom. The van der Waals surface area contributed by atoms with E-state index in [4.69, 9.17) is 0 Å². The molecule has 0 saturated carbocycles. The van der Waals surface area contributed by atoms with Crippen LogP contribution in [0.2, 0.25) is 0 Å². The van der Waals surface area contributed by atoms with Crippen molar-refractivity contribution >= 4 is 16.9 Å². The number of carbonyl (C=O) groups is 1. The first-order valence-corrected chi connectivity index (χ1v) is 8.75. The molecule has 1 aromatic heterocycles. The van der Waals surface area contributed by atoms with Gasteiger partial charge in [0.2, 0.25) is 5.91 Å². The number of aryl methyl sites for hydroxylation is 1. The van der Waals surface area contributed by atoms with Crippen LogP contribution in [0.1, 0.15) is 23.9 Å². The summed E-state index contributed by atoms with van der Waals surface area (Å²) in [6.45, 7) is 2.51. The van der Waals surface area contributed by atoms with Gasteiger partial charge in [-0.05, 0) is 36.2 Å². The number of hydrogen-bond acceptors (Lipinski definition) is 2. The predicted octanol–water partition coefficient (Wildman–Crippen LogP) is 3.98. The summed E-state index contributed by atoms with van der Waals surface area (Å²) in [5.74, 6) is 0.689. The Labute approximate surface area is 155 Å². The summed E-state index contributed by atoms with van der Waals surface area (Å²) in [6, 6.07) is 12.6. The van der Waals surface area contributed by atoms with Crippen molar-refractivity contribution in [1.82, 2.24) is 14.9 Å². The van der Waals surface area contributed by atoms with Crippen molar-refractivity contribution in [2.45, 2.75) is 32.5 Å². The lowest BCUT2D eigenvalue weighted by molar-refractivity contribution is -0.137. The first kappa shape index (κ1) is 18.9. The van der Waals surface area contributed by atoms with Crippen LogP contribution in [0.3, 0.4) is 0 Å². The van der Waals surface area contributed by atoms with E-state index in [1.54, 1.807) is 0 Å². The van der Waals surface area contributed by atoms with Gasteiger partial charge in [0.1, 0.15) is 12.4 Å². The van der Waals surface area contributed by atoms with Crippen LogP contribution in [0.4, 0.5) is 13.2 Å². The molecule has 0 aliphatic heterocycles. The number of hydrogen-bond donors (Lipinski definition) is 1. The number of nitrogens with one attached hydrogen (secondary N) is 1. The number of para-hydroxylation sites is 2. The maximum absolute atomic E-state index is 12.6. The maximum atomic E-state index is 12.6. The standard InChI is InChI=1S/C20H20F3N3O/c1-2-18-25-16-5-3-4-6-17(16)26(18)13-19(27)24-12-11-14-7-9-15(10-8-14)20(21,22)23/h3-10H,2,11-13H2,1H3,(H,24,27). The van der Waals surface area contributed by atoms with Crippen molar-refractivity contribution < 1.29 is 18.0 Å². The van der Waals surface area contributed by atoms with Crippen molar-refractivity contribution in [1.29, 1.82) is 0 Å². The van der Waals surface area contributed by atoms with Crippen molar-refractivity contribution in [3.8, 4) is 0 Å². The molecule has 1 heterocycles. The molecule has 0 aliphatic rings. The minimum atomic E-state index is -4.34. The van der Waals surface area contributed by atoms with Crippen LogP contribution >= 0.6 is 0 Å². The molecule has 0 bridgehead atoms. The topological polar surface area (TPSA) is 46.9 Å². The zero-order valence-electron chi connectivity index (χ0n) is 14.9. The Hall–Kier alpha value is -2.83. The van der Waals surface area contributed by atoms with Gasteiger partial charge in [-0.25, -0.2) is 4.98 Å². The van der Waals surface area contributed by atoms with E-state index >= 15 is 0 Å². The lowest BCUT2D eigenvalue weighted by Crippen LogP contribution is -2.29. The Kier molecular flexibility index (Phi) is 5.48. The molecule has 0 fully saturated rings. The fourth-order valence-corrected chi connectivity index (χ4v) is 2.98. The first-order chi connectivity index (χ1) is 12.9. The molecule has 1 N–H and O–H groups in total. The third-order valence-electron chi connectivity index (χ3n) is 4.37. The van der Waals surface area contributed by atoms with Gasteiger partial charge in [0, 0.05) is 13.0 Å². The molecule has 27 heavy (non-hydrogen) atoms. The van der Waals surface area contributed by atoms with E-state index in [9.17, 15) is 18.0 Å². The number of benzene rings is 2. The van der Waals surface area contributed by atoms with Crippen LogP contribution in [-0.2, 0) is 30.4 Å². The molecule has 1 amide bonds. The summed E-state index contributed by atoms with van der Waals surface area (Å²) in [6.07, 6.45) is -3.15. The number of fused-ring (bicyclic) bond motifs is 1. The summed E-state index contributed by atoms with van der Waals surface area (Å²) in [5, 5.41) is 2.82. The van der Waals surface area contributed by atoms with Gasteiger partial charge in [-0.1, -0.05) is 31.2 Å². The van der Waals surface area contributed by atoms with Crippen LogP contribution in [-0.4, -0.2) is 22.0 Å². The molecule has 0 radical (unpaired) electrons. The Balaban J connectivity index is 1.58. The number of carbonyl (C=O) groups excluding carboxylic acids is 1. The van der Waals surface area contributed by atoms with Gasteiger partial charge < -0.3 is 9.88 Å². The zero-order valence-corrected chi connectivity index (χ0v) is 14.9. The van der Waals surface area contributed by atoms with E-state index in [2.05, 4.69) is 10.3 Å². The number of aromatic nitrogens is 2. The maximum Gasteiger partial charge on any atom is 0.416 e. The number of halogens is 3. The largest absolute Gasteiger partial charge is 0.416 e. The normalized spacial score (nSPS) is 11.7. The SMILES string of the molecule is CCc1nc2ccccc2n1CC(=O)NCCc1ccc(C(F)(F)F)cc1. The molecule has 0 spiro atoms. The Morgan fingerprint density at radius 3 is 2.48 bits per heavy atom. The second kappa shape index (κ2) is 7.82. The van der Waals surface area contributed by atoms with Crippen LogP contribution < -0.4 is 5.32 Å². The monoisotopic (exact) mass is 375 g/mol. The summed E-state index contributed by atoms with van der Waals surface area (Å²) >= 11 is 0. The number of rotatable bonds is 6. The van der Waals surface area contributed by atoms with Gasteiger partial charge in [-0.2, -0.15) is 13.2 Å². The second-order valence-electron chi connectivity index (χ2n) is 6.25. The smallest absolute Gasteiger partial charge is 0.354 e. The van der Waals surface area contributed by atoms with E-state index in [0.29, 0.717) is 19.4 Å². The van der Waals surface area contributed by atoms with Gasteiger partial charge in [0.15, 0.2) is 0 Å². The van der Waals surface area contributed by atoms with Crippen LogP contribution in [0.5, 0.6) is 0 Å². The van der Waals surface area contributed by atoms with Gasteiger partial charge >= 0.3 is 6.18 Å². The summed E-state index contributed by atoms with van der Waals surface area (Å²) in [5.41, 5.74) is 1.83. The van der Waals surface area contributed by atoms with Gasteiger partial charge in [0.25, 0.3) is 0 Å². The first-order valence-electron chi connectivity index (χ1n) is 8.75. The Bertz CT molecular complexity index is 930. The fraction of sp³-hybridized carbons (Fsp3) is 0.300. The molecular weight excluding hydrogens is 355 g/mol. The van der Waals surface area contributed by atoms with E-state index < -0.39 is 11.7 Å². The molecule has 0 aliphatic carbocycles. The van der Waals surface area contributed by atoms with Crippen LogP contribution in [0.15, 0.2) is 48.5 Å². The predicted molar refractivity (Wildman–Crippen MR) is 97.3 cm³/mol. The van der Waals surface area contributed by atoms with Gasteiger partial charge in [-0.15, -0.1) is 0 Å². The molecule has 3 rings (SSSR count).